The first-order chi connectivity index (χ1) is 6.36. The topological polar surface area (TPSA) is 95.6 Å². The lowest BCUT2D eigenvalue weighted by Crippen LogP contribution is -2.25. The van der Waals surface area contributed by atoms with E-state index in [1.165, 1.54) is 0 Å². The number of hydrogen-bond donors (Lipinski definition) is 3. The molecular weight excluding hydrogens is 208 g/mol. The molecule has 1 aliphatic rings. The van der Waals surface area contributed by atoms with Crippen LogP contribution in [-0.4, -0.2) is 39.6 Å². The number of H-pyrrole nitrogens is 1. The van der Waals surface area contributed by atoms with Crippen molar-refractivity contribution in [3.8, 4) is 0 Å². The van der Waals surface area contributed by atoms with Crippen molar-refractivity contribution in [2.45, 2.75) is 6.42 Å². The minimum Gasteiger partial charge on any atom is -0.316 e. The summed E-state index contributed by atoms with van der Waals surface area (Å²) in [5.41, 5.74) is 0. The Bertz CT molecular complexity index is 283. The summed E-state index contributed by atoms with van der Waals surface area (Å²) in [6.45, 7) is 1.62. The van der Waals surface area contributed by atoms with Crippen molar-refractivity contribution in [3.05, 3.63) is 0 Å². The van der Waals surface area contributed by atoms with Gasteiger partial charge in [-0.3, -0.25) is 10.1 Å². The van der Waals surface area contributed by atoms with Gasteiger partial charge in [-0.2, -0.15) is 5.21 Å². The van der Waals surface area contributed by atoms with Gasteiger partial charge in [0.05, 0.1) is 5.92 Å². The predicted molar refractivity (Wildman–Crippen MR) is 51.0 cm³/mol. The fourth-order valence-corrected chi connectivity index (χ4v) is 1.31. The maximum atomic E-state index is 11.4. The number of aromatic amines is 1. The van der Waals surface area contributed by atoms with E-state index in [9.17, 15) is 4.79 Å². The van der Waals surface area contributed by atoms with E-state index in [1.807, 2.05) is 0 Å². The van der Waals surface area contributed by atoms with Gasteiger partial charge in [-0.1, -0.05) is 5.10 Å². The van der Waals surface area contributed by atoms with Crippen LogP contribution in [0.2, 0.25) is 0 Å². The summed E-state index contributed by atoms with van der Waals surface area (Å²) >= 11 is 0. The standard InChI is InChI=1S/C6H10N6O.ClH/c13-5(4-1-2-7-3-4)8-6-9-11-12-10-6;/h4,7H,1-3H2,(H2,8,9,10,11,12,13);1H/t4-;/m1./s1. The maximum absolute atomic E-state index is 11.4. The summed E-state index contributed by atoms with van der Waals surface area (Å²) < 4.78 is 0. The van der Waals surface area contributed by atoms with Crippen LogP contribution >= 0.6 is 12.4 Å². The van der Waals surface area contributed by atoms with Crippen molar-refractivity contribution in [2.75, 3.05) is 18.4 Å². The smallest absolute Gasteiger partial charge is 0.269 e. The number of amides is 1. The molecular formula is C6H11ClN6O. The van der Waals surface area contributed by atoms with Crippen molar-refractivity contribution in [2.24, 2.45) is 5.92 Å². The molecule has 8 heteroatoms. The molecule has 0 unspecified atom stereocenters. The number of nitrogens with one attached hydrogen (secondary N) is 3. The number of anilines is 1. The molecule has 0 aromatic carbocycles. The third kappa shape index (κ3) is 2.39. The van der Waals surface area contributed by atoms with E-state index in [2.05, 4.69) is 31.3 Å². The minimum absolute atomic E-state index is 0. The van der Waals surface area contributed by atoms with Gasteiger partial charge in [-0.25, -0.2) is 0 Å². The molecule has 78 valence electrons. The molecule has 1 saturated heterocycles. The lowest BCUT2D eigenvalue weighted by atomic mass is 10.1. The fraction of sp³-hybridized carbons (Fsp3) is 0.667. The van der Waals surface area contributed by atoms with Gasteiger partial charge in [-0.05, 0) is 18.2 Å². The zero-order valence-electron chi connectivity index (χ0n) is 7.36. The monoisotopic (exact) mass is 218 g/mol. The van der Waals surface area contributed by atoms with Crippen molar-refractivity contribution in [1.82, 2.24) is 25.9 Å². The third-order valence-corrected chi connectivity index (χ3v) is 2.01. The highest BCUT2D eigenvalue weighted by molar-refractivity contribution is 5.91. The molecule has 0 spiro atoms. The Hall–Kier alpha value is -1.21. The summed E-state index contributed by atoms with van der Waals surface area (Å²) in [5, 5.41) is 18.5. The Morgan fingerprint density at radius 2 is 2.43 bits per heavy atom. The van der Waals surface area contributed by atoms with E-state index in [0.29, 0.717) is 0 Å². The summed E-state index contributed by atoms with van der Waals surface area (Å²) in [7, 11) is 0. The lowest BCUT2D eigenvalue weighted by Gasteiger charge is -2.05. The zero-order valence-corrected chi connectivity index (χ0v) is 8.17. The second kappa shape index (κ2) is 4.87. The van der Waals surface area contributed by atoms with Gasteiger partial charge in [0.15, 0.2) is 0 Å². The largest absolute Gasteiger partial charge is 0.316 e. The highest BCUT2D eigenvalue weighted by atomic mass is 35.5. The quantitative estimate of drug-likeness (QED) is 0.602. The molecule has 0 aliphatic carbocycles. The number of carbonyl (C=O) groups excluding carboxylic acids is 1. The van der Waals surface area contributed by atoms with Gasteiger partial charge in [0.25, 0.3) is 5.95 Å². The Morgan fingerprint density at radius 1 is 1.57 bits per heavy atom. The van der Waals surface area contributed by atoms with Crippen molar-refractivity contribution < 1.29 is 4.79 Å². The number of halogens is 1. The van der Waals surface area contributed by atoms with Gasteiger partial charge < -0.3 is 5.32 Å². The lowest BCUT2D eigenvalue weighted by molar-refractivity contribution is -0.119. The number of hydrogen-bond acceptors (Lipinski definition) is 5. The summed E-state index contributed by atoms with van der Waals surface area (Å²) in [6.07, 6.45) is 0.865. The Balaban J connectivity index is 0.000000980. The number of carbonyl (C=O) groups is 1. The molecule has 7 nitrogen and oxygen atoms in total. The highest BCUT2D eigenvalue weighted by Crippen LogP contribution is 2.09. The molecule has 1 aromatic heterocycles. The van der Waals surface area contributed by atoms with Crippen LogP contribution in [0.25, 0.3) is 0 Å². The molecule has 1 fully saturated rings. The molecule has 1 aromatic rings. The van der Waals surface area contributed by atoms with Crippen LogP contribution in [-0.2, 0) is 4.79 Å². The van der Waals surface area contributed by atoms with Gasteiger partial charge in [0.1, 0.15) is 0 Å². The molecule has 1 atom stereocenters. The molecule has 2 rings (SSSR count). The van der Waals surface area contributed by atoms with Crippen LogP contribution in [0.4, 0.5) is 5.95 Å². The summed E-state index contributed by atoms with van der Waals surface area (Å²) in [6, 6.07) is 0. The molecule has 2 heterocycles. The number of nitrogens with zero attached hydrogens (tertiary/aromatic N) is 3. The Kier molecular flexibility index (Phi) is 3.78. The van der Waals surface area contributed by atoms with Gasteiger partial charge >= 0.3 is 0 Å². The zero-order chi connectivity index (χ0) is 9.10. The van der Waals surface area contributed by atoms with E-state index in [-0.39, 0.29) is 30.2 Å². The third-order valence-electron chi connectivity index (χ3n) is 2.01. The van der Waals surface area contributed by atoms with Gasteiger partial charge in [-0.15, -0.1) is 17.5 Å². The van der Waals surface area contributed by atoms with E-state index >= 15 is 0 Å². The van der Waals surface area contributed by atoms with Crippen LogP contribution < -0.4 is 10.6 Å². The van der Waals surface area contributed by atoms with Gasteiger partial charge in [0.2, 0.25) is 5.91 Å². The number of rotatable bonds is 2. The number of aromatic nitrogens is 4. The Labute approximate surface area is 86.4 Å². The Morgan fingerprint density at radius 3 is 3.00 bits per heavy atom. The normalized spacial score (nSPS) is 20.1. The molecule has 0 saturated carbocycles. The van der Waals surface area contributed by atoms with Crippen LogP contribution in [0.3, 0.4) is 0 Å². The summed E-state index contributed by atoms with van der Waals surface area (Å²) in [4.78, 5) is 11.4. The molecule has 14 heavy (non-hydrogen) atoms. The minimum atomic E-state index is -0.0496. The average molecular weight is 219 g/mol. The molecule has 1 amide bonds. The molecule has 0 radical (unpaired) electrons. The first kappa shape index (κ1) is 10.9. The molecule has 0 bridgehead atoms. The first-order valence-corrected chi connectivity index (χ1v) is 4.11. The van der Waals surface area contributed by atoms with E-state index in [4.69, 9.17) is 0 Å². The number of tetrazole rings is 1. The molecule has 3 N–H and O–H groups in total. The van der Waals surface area contributed by atoms with Crippen LogP contribution in [0, 0.1) is 5.92 Å². The van der Waals surface area contributed by atoms with E-state index in [1.54, 1.807) is 0 Å². The van der Waals surface area contributed by atoms with Crippen LogP contribution in [0.15, 0.2) is 0 Å². The summed E-state index contributed by atoms with van der Waals surface area (Å²) in [5.74, 6) is 0.210. The SMILES string of the molecule is Cl.O=C(Nc1nn[nH]n1)[C@@H]1CCNC1. The second-order valence-electron chi connectivity index (χ2n) is 2.91. The second-order valence-corrected chi connectivity index (χ2v) is 2.91. The average Bonchev–Trinajstić information content (AvgIpc) is 2.74. The van der Waals surface area contributed by atoms with Crippen molar-refractivity contribution in [3.63, 3.8) is 0 Å². The first-order valence-electron chi connectivity index (χ1n) is 4.11. The van der Waals surface area contributed by atoms with Crippen LogP contribution in [0.1, 0.15) is 6.42 Å². The fourth-order valence-electron chi connectivity index (χ4n) is 1.31. The highest BCUT2D eigenvalue weighted by Gasteiger charge is 2.22. The molecule has 1 aliphatic heterocycles. The van der Waals surface area contributed by atoms with Crippen molar-refractivity contribution in [1.29, 1.82) is 0 Å². The van der Waals surface area contributed by atoms with E-state index in [0.717, 1.165) is 19.5 Å². The maximum Gasteiger partial charge on any atom is 0.269 e. The van der Waals surface area contributed by atoms with Crippen molar-refractivity contribution >= 4 is 24.3 Å². The van der Waals surface area contributed by atoms with Crippen LogP contribution in [0.5, 0.6) is 0 Å². The van der Waals surface area contributed by atoms with E-state index < -0.39 is 0 Å². The predicted octanol–water partition coefficient (Wildman–Crippen LogP) is -0.831. The van der Waals surface area contributed by atoms with Gasteiger partial charge in [0, 0.05) is 6.54 Å².